The smallest absolute Gasteiger partial charge is 0.319 e. The molecule has 0 radical (unpaired) electrons. The third-order valence-electron chi connectivity index (χ3n) is 11.6. The van der Waals surface area contributed by atoms with Gasteiger partial charge in [0, 0.05) is 43.3 Å². The Kier molecular flexibility index (Phi) is 11.0. The molecule has 8 rings (SSSR count). The van der Waals surface area contributed by atoms with Crippen molar-refractivity contribution >= 4 is 11.7 Å². The highest BCUT2D eigenvalue weighted by molar-refractivity contribution is 5.89. The van der Waals surface area contributed by atoms with Crippen molar-refractivity contribution in [1.82, 2.24) is 10.2 Å². The Bertz CT molecular complexity index is 2090. The number of amides is 2. The molecule has 2 heterocycles. The Balaban J connectivity index is 0.907. The van der Waals surface area contributed by atoms with Crippen LogP contribution in [-0.2, 0) is 22.6 Å². The van der Waals surface area contributed by atoms with Crippen molar-refractivity contribution in [1.29, 1.82) is 0 Å². The number of fused-ring (bicyclic) bond motifs is 2. The average Bonchev–Trinajstić information content (AvgIpc) is 3.44. The number of likely N-dealkylation sites (tertiary alicyclic amines) is 1. The minimum Gasteiger partial charge on any atom is -0.457 e. The van der Waals surface area contributed by atoms with Gasteiger partial charge in [-0.2, -0.15) is 0 Å². The molecule has 5 aromatic rings. The molecular weight excluding hydrogens is 699 g/mol. The van der Waals surface area contributed by atoms with Crippen LogP contribution in [0.2, 0.25) is 0 Å². The number of benzene rings is 5. The van der Waals surface area contributed by atoms with E-state index in [4.69, 9.17) is 14.2 Å². The SMILES string of the molecule is CC1(C)CC2CC(C)(CN2C[C@H]2C[C@@H](c3ccc(CO)cc3)O[C@@H](c3ccc(-c4cccc(CNC(=O)Nc5ccc(Oc6ccccc6)cc5)c4)cc3)O2)C1. The van der Waals surface area contributed by atoms with Crippen LogP contribution in [0.25, 0.3) is 11.1 Å². The Morgan fingerprint density at radius 3 is 2.27 bits per heavy atom. The van der Waals surface area contributed by atoms with Gasteiger partial charge in [-0.3, -0.25) is 4.90 Å². The van der Waals surface area contributed by atoms with Crippen molar-refractivity contribution in [2.45, 2.75) is 84.1 Å². The highest BCUT2D eigenvalue weighted by Gasteiger charge is 2.50. The van der Waals surface area contributed by atoms with Gasteiger partial charge in [-0.1, -0.05) is 106 Å². The van der Waals surface area contributed by atoms with Crippen LogP contribution in [0.1, 0.15) is 81.1 Å². The summed E-state index contributed by atoms with van der Waals surface area (Å²) in [5.74, 6) is 1.46. The van der Waals surface area contributed by atoms with Crippen molar-refractivity contribution in [2.75, 3.05) is 18.4 Å². The van der Waals surface area contributed by atoms with Crippen LogP contribution in [0.4, 0.5) is 10.5 Å². The number of carbonyl (C=O) groups excluding carboxylic acids is 1. The maximum Gasteiger partial charge on any atom is 0.319 e. The van der Waals surface area contributed by atoms with Crippen molar-refractivity contribution in [2.24, 2.45) is 10.8 Å². The molecule has 56 heavy (non-hydrogen) atoms. The van der Waals surface area contributed by atoms with Crippen molar-refractivity contribution < 1.29 is 24.1 Å². The van der Waals surface area contributed by atoms with Gasteiger partial charge in [0.1, 0.15) is 11.5 Å². The molecule has 8 heteroatoms. The van der Waals surface area contributed by atoms with Crippen LogP contribution in [0, 0.1) is 10.8 Å². The van der Waals surface area contributed by atoms with Crippen molar-refractivity contribution in [3.05, 3.63) is 150 Å². The lowest BCUT2D eigenvalue weighted by Crippen LogP contribution is -2.42. The van der Waals surface area contributed by atoms with E-state index < -0.39 is 6.29 Å². The van der Waals surface area contributed by atoms with Gasteiger partial charge in [0.25, 0.3) is 0 Å². The summed E-state index contributed by atoms with van der Waals surface area (Å²) >= 11 is 0. The summed E-state index contributed by atoms with van der Waals surface area (Å²) in [6.45, 7) is 9.74. The third-order valence-corrected chi connectivity index (χ3v) is 11.6. The van der Waals surface area contributed by atoms with Crippen LogP contribution < -0.4 is 15.4 Å². The minimum absolute atomic E-state index is 0.0222. The van der Waals surface area contributed by atoms with Crippen LogP contribution in [0.15, 0.2) is 127 Å². The molecule has 290 valence electrons. The normalized spacial score (nSPS) is 24.4. The number of ether oxygens (including phenoxy) is 3. The molecule has 3 N–H and O–H groups in total. The zero-order valence-electron chi connectivity index (χ0n) is 32.6. The maximum absolute atomic E-state index is 12.8. The standard InChI is InChI=1S/C48H53N3O5/c1-47(2)26-40-27-48(3,31-47)32-51(40)29-43-25-44(36-14-12-33(30-52)13-15-36)56-45(55-43)37-18-16-35(17-19-37)38-9-7-8-34(24-38)28-49-46(53)50-39-20-22-42(23-21-39)54-41-10-5-4-6-11-41/h4-24,40,43-45,52H,25-32H2,1-3H3,(H2,49,50,53)/t40?,43-,44+,45+,48?/m1/s1. The number of aliphatic hydroxyl groups excluding tert-OH is 1. The van der Waals surface area contributed by atoms with E-state index in [9.17, 15) is 9.90 Å². The summed E-state index contributed by atoms with van der Waals surface area (Å²) in [4.78, 5) is 15.5. The lowest BCUT2D eigenvalue weighted by molar-refractivity contribution is -0.253. The Labute approximate surface area is 330 Å². The summed E-state index contributed by atoms with van der Waals surface area (Å²) in [7, 11) is 0. The topological polar surface area (TPSA) is 92.3 Å². The van der Waals surface area contributed by atoms with Gasteiger partial charge in [-0.25, -0.2) is 4.79 Å². The molecule has 2 aliphatic heterocycles. The summed E-state index contributed by atoms with van der Waals surface area (Å²) in [6.07, 6.45) is 3.96. The van der Waals surface area contributed by atoms with Gasteiger partial charge in [0.05, 0.1) is 18.8 Å². The number of rotatable bonds is 11. The lowest BCUT2D eigenvalue weighted by Gasteiger charge is -2.41. The van der Waals surface area contributed by atoms with E-state index in [1.54, 1.807) is 0 Å². The molecule has 2 unspecified atom stereocenters. The largest absolute Gasteiger partial charge is 0.457 e. The first-order valence-electron chi connectivity index (χ1n) is 19.9. The van der Waals surface area contributed by atoms with E-state index in [-0.39, 0.29) is 24.8 Å². The number of aliphatic hydroxyl groups is 1. The zero-order valence-corrected chi connectivity index (χ0v) is 32.6. The highest BCUT2D eigenvalue weighted by atomic mass is 16.7. The van der Waals surface area contributed by atoms with Gasteiger partial charge in [0.2, 0.25) is 0 Å². The van der Waals surface area contributed by atoms with E-state index in [1.165, 1.54) is 19.3 Å². The third kappa shape index (κ3) is 9.17. The number of urea groups is 1. The second-order valence-corrected chi connectivity index (χ2v) is 17.1. The Morgan fingerprint density at radius 1 is 0.786 bits per heavy atom. The molecule has 0 spiro atoms. The number of carbonyl (C=O) groups is 1. The van der Waals surface area contributed by atoms with Gasteiger partial charge in [-0.15, -0.1) is 0 Å². The molecule has 2 amide bonds. The van der Waals surface area contributed by atoms with Gasteiger partial charge < -0.3 is 30.0 Å². The van der Waals surface area contributed by atoms with Crippen molar-refractivity contribution in [3.63, 3.8) is 0 Å². The number of hydrogen-bond acceptors (Lipinski definition) is 6. The van der Waals surface area contributed by atoms with Crippen LogP contribution in [0.5, 0.6) is 11.5 Å². The fourth-order valence-electron chi connectivity index (χ4n) is 9.37. The molecule has 5 atom stereocenters. The molecule has 0 aromatic heterocycles. The molecule has 2 bridgehead atoms. The second-order valence-electron chi connectivity index (χ2n) is 17.1. The first-order chi connectivity index (χ1) is 27.1. The van der Waals surface area contributed by atoms with Gasteiger partial charge >= 0.3 is 6.03 Å². The summed E-state index contributed by atoms with van der Waals surface area (Å²) < 4.78 is 19.4. The molecule has 3 fully saturated rings. The van der Waals surface area contributed by atoms with Crippen LogP contribution in [0.3, 0.4) is 0 Å². The zero-order chi connectivity index (χ0) is 38.7. The van der Waals surface area contributed by atoms with E-state index in [0.717, 1.165) is 58.6 Å². The number of hydrogen-bond donors (Lipinski definition) is 3. The van der Waals surface area contributed by atoms with Crippen molar-refractivity contribution in [3.8, 4) is 22.6 Å². The molecule has 1 saturated carbocycles. The highest BCUT2D eigenvalue weighted by Crippen LogP contribution is 2.53. The monoisotopic (exact) mass is 751 g/mol. The number of anilines is 1. The fourth-order valence-corrected chi connectivity index (χ4v) is 9.37. The minimum atomic E-state index is -0.499. The Morgan fingerprint density at radius 2 is 1.52 bits per heavy atom. The quantitative estimate of drug-likeness (QED) is 0.124. The fraction of sp³-hybridized carbons (Fsp3) is 0.354. The summed E-state index contributed by atoms with van der Waals surface area (Å²) in [6, 6.07) is 42.0. The van der Waals surface area contributed by atoms with Crippen LogP contribution in [-0.4, -0.2) is 41.3 Å². The number of nitrogens with zero attached hydrogens (tertiary/aromatic N) is 1. The average molecular weight is 752 g/mol. The summed E-state index contributed by atoms with van der Waals surface area (Å²) in [5, 5.41) is 15.5. The number of nitrogens with one attached hydrogen (secondary N) is 2. The molecule has 2 saturated heterocycles. The predicted octanol–water partition coefficient (Wildman–Crippen LogP) is 10.4. The van der Waals surface area contributed by atoms with Gasteiger partial charge in [0.15, 0.2) is 6.29 Å². The van der Waals surface area contributed by atoms with E-state index in [1.807, 2.05) is 78.9 Å². The molecule has 1 aliphatic carbocycles. The molecule has 5 aromatic carbocycles. The predicted molar refractivity (Wildman–Crippen MR) is 220 cm³/mol. The number of para-hydroxylation sites is 1. The molecular formula is C48H53N3O5. The van der Waals surface area contributed by atoms with E-state index >= 15 is 0 Å². The maximum atomic E-state index is 12.8. The van der Waals surface area contributed by atoms with E-state index in [2.05, 4.69) is 84.8 Å². The first kappa shape index (κ1) is 37.9. The molecule has 3 aliphatic rings. The summed E-state index contributed by atoms with van der Waals surface area (Å²) in [5.41, 5.74) is 7.51. The second kappa shape index (κ2) is 16.2. The molecule has 8 nitrogen and oxygen atoms in total. The van der Waals surface area contributed by atoms with Gasteiger partial charge in [-0.05, 0) is 100 Å². The first-order valence-corrected chi connectivity index (χ1v) is 19.9. The Hall–Kier alpha value is -4.99. The van der Waals surface area contributed by atoms with E-state index in [0.29, 0.717) is 34.9 Å². The van der Waals surface area contributed by atoms with Crippen LogP contribution >= 0.6 is 0 Å². The lowest BCUT2D eigenvalue weighted by atomic mass is 9.65.